The first kappa shape index (κ1) is 12.9. The zero-order valence-corrected chi connectivity index (χ0v) is 10.1. The number of amidine groups is 1. The number of allylic oxidation sites excluding steroid dienone is 3. The maximum Gasteiger partial charge on any atom is 0.151 e. The van der Waals surface area contributed by atoms with E-state index < -0.39 is 0 Å². The lowest BCUT2D eigenvalue weighted by Gasteiger charge is -2.03. The molecule has 0 aliphatic rings. The van der Waals surface area contributed by atoms with Crippen LogP contribution in [0, 0.1) is 5.41 Å². The van der Waals surface area contributed by atoms with Gasteiger partial charge in [0.2, 0.25) is 0 Å². The smallest absolute Gasteiger partial charge is 0.151 e. The third kappa shape index (κ3) is 4.47. The van der Waals surface area contributed by atoms with Crippen molar-refractivity contribution in [2.45, 2.75) is 13.8 Å². The standard InChI is InChI=1S/C14H16N2O/c1-4-11(2)17-12(3)10-16-14(15)13-8-6-5-7-9-13/h4-10,15H,3H2,1-2H3/b11-4+,15-14?,16-10-. The molecule has 0 saturated carbocycles. The normalized spacial score (nSPS) is 11.5. The van der Waals surface area contributed by atoms with Gasteiger partial charge in [0.1, 0.15) is 5.76 Å². The van der Waals surface area contributed by atoms with Gasteiger partial charge >= 0.3 is 0 Å². The number of hydrogen-bond donors (Lipinski definition) is 1. The molecular weight excluding hydrogens is 212 g/mol. The third-order valence-corrected chi connectivity index (χ3v) is 2.08. The quantitative estimate of drug-likeness (QED) is 0.478. The summed E-state index contributed by atoms with van der Waals surface area (Å²) >= 11 is 0. The highest BCUT2D eigenvalue weighted by atomic mass is 16.5. The van der Waals surface area contributed by atoms with Crippen molar-refractivity contribution >= 4 is 12.1 Å². The summed E-state index contributed by atoms with van der Waals surface area (Å²) in [7, 11) is 0. The van der Waals surface area contributed by atoms with Crippen LogP contribution in [0.2, 0.25) is 0 Å². The van der Waals surface area contributed by atoms with E-state index in [4.69, 9.17) is 10.1 Å². The highest BCUT2D eigenvalue weighted by Crippen LogP contribution is 2.03. The molecule has 1 rings (SSSR count). The number of rotatable bonds is 4. The summed E-state index contributed by atoms with van der Waals surface area (Å²) in [6.45, 7) is 7.41. The van der Waals surface area contributed by atoms with Gasteiger partial charge in [-0.2, -0.15) is 0 Å². The number of nitrogens with zero attached hydrogens (tertiary/aromatic N) is 1. The van der Waals surface area contributed by atoms with Crippen molar-refractivity contribution in [3.8, 4) is 0 Å². The zero-order chi connectivity index (χ0) is 12.7. The number of hydrogen-bond acceptors (Lipinski definition) is 2. The molecule has 0 aliphatic heterocycles. The molecule has 0 atom stereocenters. The minimum Gasteiger partial charge on any atom is -0.461 e. The van der Waals surface area contributed by atoms with Crippen LogP contribution in [-0.4, -0.2) is 12.1 Å². The Morgan fingerprint density at radius 1 is 1.35 bits per heavy atom. The van der Waals surface area contributed by atoms with Crippen molar-refractivity contribution < 1.29 is 4.74 Å². The van der Waals surface area contributed by atoms with Crippen molar-refractivity contribution in [2.24, 2.45) is 4.99 Å². The van der Waals surface area contributed by atoms with Crippen molar-refractivity contribution in [2.75, 3.05) is 0 Å². The molecule has 0 spiro atoms. The third-order valence-electron chi connectivity index (χ3n) is 2.08. The van der Waals surface area contributed by atoms with Gasteiger partial charge in [0.25, 0.3) is 0 Å². The van der Waals surface area contributed by atoms with E-state index in [1.54, 1.807) is 0 Å². The van der Waals surface area contributed by atoms with Gasteiger partial charge in [-0.25, -0.2) is 4.99 Å². The molecule has 0 radical (unpaired) electrons. The molecule has 1 aromatic rings. The minimum atomic E-state index is 0.188. The van der Waals surface area contributed by atoms with Gasteiger partial charge in [-0.1, -0.05) is 36.9 Å². The highest BCUT2D eigenvalue weighted by molar-refractivity contribution is 6.02. The Bertz CT molecular complexity index is 458. The molecule has 0 bridgehead atoms. The van der Waals surface area contributed by atoms with Crippen LogP contribution >= 0.6 is 0 Å². The van der Waals surface area contributed by atoms with E-state index >= 15 is 0 Å². The highest BCUT2D eigenvalue weighted by Gasteiger charge is 1.97. The Balaban J connectivity index is 2.60. The van der Waals surface area contributed by atoms with E-state index in [-0.39, 0.29) is 5.84 Å². The maximum absolute atomic E-state index is 7.74. The fourth-order valence-corrected chi connectivity index (χ4v) is 1.10. The molecule has 0 unspecified atom stereocenters. The second-order valence-electron chi connectivity index (χ2n) is 3.44. The molecule has 0 heterocycles. The second-order valence-corrected chi connectivity index (χ2v) is 3.44. The topological polar surface area (TPSA) is 45.4 Å². The summed E-state index contributed by atoms with van der Waals surface area (Å²) in [5, 5.41) is 7.74. The van der Waals surface area contributed by atoms with Gasteiger partial charge < -0.3 is 4.74 Å². The fourth-order valence-electron chi connectivity index (χ4n) is 1.10. The zero-order valence-electron chi connectivity index (χ0n) is 10.1. The Morgan fingerprint density at radius 2 is 2.00 bits per heavy atom. The summed E-state index contributed by atoms with van der Waals surface area (Å²) in [6.07, 6.45) is 3.28. The molecule has 0 aromatic heterocycles. The first-order chi connectivity index (χ1) is 8.13. The average molecular weight is 228 g/mol. The van der Waals surface area contributed by atoms with Crippen LogP contribution in [0.25, 0.3) is 0 Å². The van der Waals surface area contributed by atoms with Crippen molar-refractivity contribution in [3.63, 3.8) is 0 Å². The average Bonchev–Trinajstić information content (AvgIpc) is 2.36. The van der Waals surface area contributed by atoms with Crippen LogP contribution in [0.1, 0.15) is 19.4 Å². The van der Waals surface area contributed by atoms with Crippen LogP contribution in [0.3, 0.4) is 0 Å². The molecule has 17 heavy (non-hydrogen) atoms. The second kappa shape index (κ2) is 6.43. The first-order valence-corrected chi connectivity index (χ1v) is 5.31. The van der Waals surface area contributed by atoms with Crippen molar-refractivity contribution in [1.29, 1.82) is 5.41 Å². The SMILES string of the molecule is C=C(/C=N\C(=N)c1ccccc1)O/C(C)=C/C. The van der Waals surface area contributed by atoms with Gasteiger partial charge in [-0.3, -0.25) is 5.41 Å². The van der Waals surface area contributed by atoms with Gasteiger partial charge in [0.05, 0.1) is 12.0 Å². The van der Waals surface area contributed by atoms with Crippen LogP contribution in [0.15, 0.2) is 59.5 Å². The molecule has 1 aromatic carbocycles. The van der Waals surface area contributed by atoms with Gasteiger partial charge in [0, 0.05) is 5.56 Å². The van der Waals surface area contributed by atoms with Crippen LogP contribution in [0.4, 0.5) is 0 Å². The van der Waals surface area contributed by atoms with Crippen molar-refractivity contribution in [1.82, 2.24) is 0 Å². The predicted molar refractivity (Wildman–Crippen MR) is 71.4 cm³/mol. The van der Waals surface area contributed by atoms with Gasteiger partial charge in [-0.05, 0) is 19.9 Å². The lowest BCUT2D eigenvalue weighted by atomic mass is 10.2. The van der Waals surface area contributed by atoms with Crippen LogP contribution in [0.5, 0.6) is 0 Å². The maximum atomic E-state index is 7.74. The molecule has 0 fully saturated rings. The lowest BCUT2D eigenvalue weighted by molar-refractivity contribution is 0.334. The lowest BCUT2D eigenvalue weighted by Crippen LogP contribution is -1.97. The van der Waals surface area contributed by atoms with E-state index in [1.165, 1.54) is 6.21 Å². The molecule has 0 saturated heterocycles. The minimum absolute atomic E-state index is 0.188. The van der Waals surface area contributed by atoms with Crippen LogP contribution < -0.4 is 0 Å². The van der Waals surface area contributed by atoms with E-state index in [9.17, 15) is 0 Å². The Kier molecular flexibility index (Phi) is 4.88. The number of benzene rings is 1. The monoisotopic (exact) mass is 228 g/mol. The largest absolute Gasteiger partial charge is 0.461 e. The molecule has 0 aliphatic carbocycles. The summed E-state index contributed by atoms with van der Waals surface area (Å²) in [5.74, 6) is 1.36. The number of nitrogens with one attached hydrogen (secondary N) is 1. The van der Waals surface area contributed by atoms with E-state index in [1.807, 2.05) is 50.3 Å². The Morgan fingerprint density at radius 3 is 2.59 bits per heavy atom. The van der Waals surface area contributed by atoms with Crippen molar-refractivity contribution in [3.05, 3.63) is 60.1 Å². The number of ether oxygens (including phenoxy) is 1. The fraction of sp³-hybridized carbons (Fsp3) is 0.143. The first-order valence-electron chi connectivity index (χ1n) is 5.31. The molecule has 1 N–H and O–H groups in total. The van der Waals surface area contributed by atoms with Gasteiger partial charge in [-0.15, -0.1) is 0 Å². The van der Waals surface area contributed by atoms with E-state index in [0.717, 1.165) is 11.3 Å². The molecule has 88 valence electrons. The van der Waals surface area contributed by atoms with E-state index in [2.05, 4.69) is 11.6 Å². The molecule has 3 heteroatoms. The summed E-state index contributed by atoms with van der Waals surface area (Å²) < 4.78 is 5.31. The van der Waals surface area contributed by atoms with Gasteiger partial charge in [0.15, 0.2) is 5.84 Å². The summed E-state index contributed by atoms with van der Waals surface area (Å²) in [4.78, 5) is 3.99. The molecule has 0 amide bonds. The Hall–Kier alpha value is -2.16. The summed E-state index contributed by atoms with van der Waals surface area (Å²) in [6, 6.07) is 9.31. The Labute approximate surface area is 102 Å². The predicted octanol–water partition coefficient (Wildman–Crippen LogP) is 3.54. The molecule has 3 nitrogen and oxygen atoms in total. The van der Waals surface area contributed by atoms with E-state index in [0.29, 0.717) is 5.76 Å². The van der Waals surface area contributed by atoms with Crippen LogP contribution in [-0.2, 0) is 4.74 Å². The molecular formula is C14H16N2O. The number of aliphatic imine (C=N–C) groups is 1. The summed E-state index contributed by atoms with van der Waals surface area (Å²) in [5.41, 5.74) is 0.763.